The first-order chi connectivity index (χ1) is 8.80. The number of nitrogens with one attached hydrogen (secondary N) is 1. The fourth-order valence-corrected chi connectivity index (χ4v) is 2.57. The standard InChI is InChI=1S/C16H34N2O/c1-7-13(2)11-18(6)12-15-9-8-14(19-15)10-17-16(3,4)5/h13-15,17H,7-12H2,1-6H3. The molecule has 19 heavy (non-hydrogen) atoms. The summed E-state index contributed by atoms with van der Waals surface area (Å²) >= 11 is 0. The first-order valence-electron chi connectivity index (χ1n) is 7.89. The maximum Gasteiger partial charge on any atom is 0.0707 e. The molecule has 0 aromatic heterocycles. The van der Waals surface area contributed by atoms with E-state index in [4.69, 9.17) is 4.74 Å². The molecule has 0 aliphatic carbocycles. The summed E-state index contributed by atoms with van der Waals surface area (Å²) in [6.07, 6.45) is 4.50. The SMILES string of the molecule is CCC(C)CN(C)CC1CCC(CNC(C)(C)C)O1. The van der Waals surface area contributed by atoms with E-state index in [1.807, 2.05) is 0 Å². The van der Waals surface area contributed by atoms with Crippen LogP contribution in [-0.4, -0.2) is 49.3 Å². The van der Waals surface area contributed by atoms with Gasteiger partial charge in [-0.2, -0.15) is 0 Å². The Bertz CT molecular complexity index is 250. The lowest BCUT2D eigenvalue weighted by Gasteiger charge is -2.25. The van der Waals surface area contributed by atoms with Crippen molar-refractivity contribution >= 4 is 0 Å². The van der Waals surface area contributed by atoms with Crippen molar-refractivity contribution in [2.45, 2.75) is 71.6 Å². The quantitative estimate of drug-likeness (QED) is 0.770. The normalized spacial score (nSPS) is 26.1. The van der Waals surface area contributed by atoms with Crippen LogP contribution < -0.4 is 5.32 Å². The van der Waals surface area contributed by atoms with Crippen LogP contribution in [0.3, 0.4) is 0 Å². The third kappa shape index (κ3) is 7.28. The number of hydrogen-bond acceptors (Lipinski definition) is 3. The van der Waals surface area contributed by atoms with E-state index < -0.39 is 0 Å². The maximum absolute atomic E-state index is 6.14. The molecule has 1 aliphatic heterocycles. The predicted molar refractivity (Wildman–Crippen MR) is 82.6 cm³/mol. The van der Waals surface area contributed by atoms with Gasteiger partial charge in [-0.05, 0) is 46.6 Å². The minimum atomic E-state index is 0.189. The number of nitrogens with zero attached hydrogens (tertiary/aromatic N) is 1. The number of likely N-dealkylation sites (N-methyl/N-ethyl adjacent to an activating group) is 1. The molecule has 3 unspecified atom stereocenters. The average molecular weight is 270 g/mol. The van der Waals surface area contributed by atoms with Gasteiger partial charge < -0.3 is 15.0 Å². The van der Waals surface area contributed by atoms with Gasteiger partial charge in [0.15, 0.2) is 0 Å². The number of hydrogen-bond donors (Lipinski definition) is 1. The molecule has 1 aliphatic rings. The zero-order valence-electron chi connectivity index (χ0n) is 13.8. The van der Waals surface area contributed by atoms with Gasteiger partial charge >= 0.3 is 0 Å². The summed E-state index contributed by atoms with van der Waals surface area (Å²) in [5, 5.41) is 3.54. The van der Waals surface area contributed by atoms with Crippen LogP contribution in [0.15, 0.2) is 0 Å². The Balaban J connectivity index is 2.21. The smallest absolute Gasteiger partial charge is 0.0707 e. The van der Waals surface area contributed by atoms with Crippen LogP contribution in [0, 0.1) is 5.92 Å². The summed E-state index contributed by atoms with van der Waals surface area (Å²) in [5.41, 5.74) is 0.189. The minimum Gasteiger partial charge on any atom is -0.372 e. The highest BCUT2D eigenvalue weighted by atomic mass is 16.5. The van der Waals surface area contributed by atoms with Gasteiger partial charge in [-0.1, -0.05) is 20.3 Å². The Morgan fingerprint density at radius 1 is 1.26 bits per heavy atom. The van der Waals surface area contributed by atoms with Crippen molar-refractivity contribution in [2.24, 2.45) is 5.92 Å². The molecule has 1 saturated heterocycles. The Morgan fingerprint density at radius 2 is 1.89 bits per heavy atom. The lowest BCUT2D eigenvalue weighted by atomic mass is 10.1. The third-order valence-corrected chi connectivity index (χ3v) is 3.89. The van der Waals surface area contributed by atoms with Crippen LogP contribution in [0.5, 0.6) is 0 Å². The molecule has 1 heterocycles. The minimum absolute atomic E-state index is 0.189. The number of rotatable bonds is 7. The molecular formula is C16H34N2O. The predicted octanol–water partition coefficient (Wildman–Crippen LogP) is 2.90. The number of ether oxygens (including phenoxy) is 1. The molecule has 1 N–H and O–H groups in total. The second-order valence-electron chi connectivity index (χ2n) is 7.32. The van der Waals surface area contributed by atoms with E-state index in [0.29, 0.717) is 12.2 Å². The Morgan fingerprint density at radius 3 is 2.47 bits per heavy atom. The highest BCUT2D eigenvalue weighted by molar-refractivity contribution is 4.80. The molecule has 0 aromatic rings. The van der Waals surface area contributed by atoms with Gasteiger partial charge in [-0.3, -0.25) is 0 Å². The van der Waals surface area contributed by atoms with Gasteiger partial charge in [0.1, 0.15) is 0 Å². The second kappa shape index (κ2) is 7.61. The second-order valence-corrected chi connectivity index (χ2v) is 7.32. The first-order valence-corrected chi connectivity index (χ1v) is 7.89. The summed E-state index contributed by atoms with van der Waals surface area (Å²) in [7, 11) is 2.22. The van der Waals surface area contributed by atoms with Crippen LogP contribution in [0.4, 0.5) is 0 Å². The first kappa shape index (κ1) is 16.9. The lowest BCUT2D eigenvalue weighted by molar-refractivity contribution is 0.0233. The summed E-state index contributed by atoms with van der Waals surface area (Å²) in [6, 6.07) is 0. The fraction of sp³-hybridized carbons (Fsp3) is 1.00. The lowest BCUT2D eigenvalue weighted by Crippen LogP contribution is -2.41. The molecule has 0 aromatic carbocycles. The van der Waals surface area contributed by atoms with E-state index in [1.165, 1.54) is 25.8 Å². The summed E-state index contributed by atoms with van der Waals surface area (Å²) in [6.45, 7) is 14.4. The fourth-order valence-electron chi connectivity index (χ4n) is 2.57. The molecule has 0 radical (unpaired) electrons. The molecular weight excluding hydrogens is 236 g/mol. The van der Waals surface area contributed by atoms with Gasteiger partial charge in [-0.15, -0.1) is 0 Å². The molecule has 1 rings (SSSR count). The molecule has 3 nitrogen and oxygen atoms in total. The van der Waals surface area contributed by atoms with Gasteiger partial charge in [0.25, 0.3) is 0 Å². The molecule has 0 saturated carbocycles. The van der Waals surface area contributed by atoms with Crippen molar-refractivity contribution in [3.63, 3.8) is 0 Å². The van der Waals surface area contributed by atoms with E-state index in [9.17, 15) is 0 Å². The van der Waals surface area contributed by atoms with Gasteiger partial charge in [0.2, 0.25) is 0 Å². The molecule has 3 atom stereocenters. The third-order valence-electron chi connectivity index (χ3n) is 3.89. The summed E-state index contributed by atoms with van der Waals surface area (Å²) < 4.78 is 6.14. The Labute approximate surface area is 120 Å². The van der Waals surface area contributed by atoms with Crippen LogP contribution in [0.25, 0.3) is 0 Å². The molecule has 0 bridgehead atoms. The maximum atomic E-state index is 6.14. The topological polar surface area (TPSA) is 24.5 Å². The highest BCUT2D eigenvalue weighted by Crippen LogP contribution is 2.20. The summed E-state index contributed by atoms with van der Waals surface area (Å²) in [5.74, 6) is 0.782. The van der Waals surface area contributed by atoms with E-state index in [-0.39, 0.29) is 5.54 Å². The largest absolute Gasteiger partial charge is 0.372 e. The van der Waals surface area contributed by atoms with Crippen molar-refractivity contribution < 1.29 is 4.74 Å². The van der Waals surface area contributed by atoms with E-state index in [1.54, 1.807) is 0 Å². The molecule has 0 spiro atoms. The van der Waals surface area contributed by atoms with Crippen LogP contribution in [0.2, 0.25) is 0 Å². The monoisotopic (exact) mass is 270 g/mol. The zero-order valence-corrected chi connectivity index (χ0v) is 13.8. The molecule has 0 amide bonds. The van der Waals surface area contributed by atoms with Crippen molar-refractivity contribution in [3.8, 4) is 0 Å². The Kier molecular flexibility index (Phi) is 6.78. The van der Waals surface area contributed by atoms with Gasteiger partial charge in [-0.25, -0.2) is 0 Å². The van der Waals surface area contributed by atoms with Crippen molar-refractivity contribution in [3.05, 3.63) is 0 Å². The van der Waals surface area contributed by atoms with Gasteiger partial charge in [0.05, 0.1) is 12.2 Å². The molecule has 114 valence electrons. The Hall–Kier alpha value is -0.120. The highest BCUT2D eigenvalue weighted by Gasteiger charge is 2.27. The van der Waals surface area contributed by atoms with Crippen molar-refractivity contribution in [1.29, 1.82) is 0 Å². The average Bonchev–Trinajstić information content (AvgIpc) is 2.73. The van der Waals surface area contributed by atoms with Crippen molar-refractivity contribution in [1.82, 2.24) is 10.2 Å². The van der Waals surface area contributed by atoms with Crippen LogP contribution in [0.1, 0.15) is 53.9 Å². The zero-order chi connectivity index (χ0) is 14.5. The van der Waals surface area contributed by atoms with Crippen molar-refractivity contribution in [2.75, 3.05) is 26.7 Å². The van der Waals surface area contributed by atoms with E-state index >= 15 is 0 Å². The summed E-state index contributed by atoms with van der Waals surface area (Å²) in [4.78, 5) is 2.43. The van der Waals surface area contributed by atoms with Gasteiger partial charge in [0, 0.05) is 25.2 Å². The van der Waals surface area contributed by atoms with E-state index in [0.717, 1.165) is 19.0 Å². The van der Waals surface area contributed by atoms with E-state index in [2.05, 4.69) is 51.9 Å². The molecule has 1 fully saturated rings. The van der Waals surface area contributed by atoms with Crippen LogP contribution >= 0.6 is 0 Å². The van der Waals surface area contributed by atoms with Crippen LogP contribution in [-0.2, 0) is 4.74 Å². The molecule has 3 heteroatoms.